The molecule has 0 aliphatic rings. The second kappa shape index (κ2) is 8.31. The molecule has 0 radical (unpaired) electrons. The molecule has 0 bridgehead atoms. The zero-order chi connectivity index (χ0) is 17.7. The fourth-order valence-electron chi connectivity index (χ4n) is 2.56. The molecule has 2 aromatic rings. The molecule has 0 aliphatic heterocycles. The average Bonchev–Trinajstić information content (AvgIpc) is 2.52. The SMILES string of the molecule is COCCOc1ccc(C(=O)Nc2c(C)cc(C)cc2C)cc1Br. The van der Waals surface area contributed by atoms with Crippen molar-refractivity contribution < 1.29 is 14.3 Å². The van der Waals surface area contributed by atoms with Gasteiger partial charge in [-0.05, 0) is 66.0 Å². The molecule has 1 amide bonds. The molecular formula is C19H22BrNO3. The Hall–Kier alpha value is -1.85. The molecule has 128 valence electrons. The molecule has 1 N–H and O–H groups in total. The summed E-state index contributed by atoms with van der Waals surface area (Å²) < 4.78 is 11.3. The van der Waals surface area contributed by atoms with Crippen LogP contribution >= 0.6 is 15.9 Å². The lowest BCUT2D eigenvalue weighted by atomic mass is 10.0. The van der Waals surface area contributed by atoms with Gasteiger partial charge in [0.2, 0.25) is 0 Å². The van der Waals surface area contributed by atoms with Gasteiger partial charge in [0, 0.05) is 18.4 Å². The maximum atomic E-state index is 12.5. The van der Waals surface area contributed by atoms with Gasteiger partial charge >= 0.3 is 0 Å². The first-order valence-electron chi connectivity index (χ1n) is 7.73. The van der Waals surface area contributed by atoms with E-state index in [0.29, 0.717) is 24.5 Å². The summed E-state index contributed by atoms with van der Waals surface area (Å²) >= 11 is 3.45. The number of nitrogens with one attached hydrogen (secondary N) is 1. The largest absolute Gasteiger partial charge is 0.490 e. The third kappa shape index (κ3) is 4.58. The van der Waals surface area contributed by atoms with Gasteiger partial charge in [-0.3, -0.25) is 4.79 Å². The Balaban J connectivity index is 2.14. The summed E-state index contributed by atoms with van der Waals surface area (Å²) in [5.41, 5.74) is 4.73. The summed E-state index contributed by atoms with van der Waals surface area (Å²) in [6.07, 6.45) is 0. The second-order valence-electron chi connectivity index (χ2n) is 5.71. The number of halogens is 1. The quantitative estimate of drug-likeness (QED) is 0.728. The van der Waals surface area contributed by atoms with E-state index in [2.05, 4.69) is 33.4 Å². The van der Waals surface area contributed by atoms with E-state index in [1.807, 2.05) is 20.8 Å². The Bertz CT molecular complexity index is 720. The van der Waals surface area contributed by atoms with E-state index in [4.69, 9.17) is 9.47 Å². The molecule has 0 spiro atoms. The molecule has 0 heterocycles. The number of carbonyl (C=O) groups is 1. The standard InChI is InChI=1S/C19H22BrNO3/c1-12-9-13(2)18(14(3)10-12)21-19(22)15-5-6-17(16(20)11-15)24-8-7-23-4/h5-6,9-11H,7-8H2,1-4H3,(H,21,22). The van der Waals surface area contributed by atoms with E-state index in [9.17, 15) is 4.79 Å². The van der Waals surface area contributed by atoms with Crippen molar-refractivity contribution in [3.8, 4) is 5.75 Å². The fourth-order valence-corrected chi connectivity index (χ4v) is 3.05. The van der Waals surface area contributed by atoms with Crippen molar-refractivity contribution in [2.24, 2.45) is 0 Å². The molecule has 2 aromatic carbocycles. The third-order valence-electron chi connectivity index (χ3n) is 3.65. The van der Waals surface area contributed by atoms with E-state index >= 15 is 0 Å². The van der Waals surface area contributed by atoms with Crippen molar-refractivity contribution in [2.75, 3.05) is 25.6 Å². The van der Waals surface area contributed by atoms with Gasteiger partial charge in [0.05, 0.1) is 11.1 Å². The molecule has 0 saturated heterocycles. The predicted octanol–water partition coefficient (Wildman–Crippen LogP) is 4.65. The number of amides is 1. The van der Waals surface area contributed by atoms with Crippen LogP contribution in [-0.4, -0.2) is 26.2 Å². The molecule has 0 unspecified atom stereocenters. The first kappa shape index (κ1) is 18.5. The number of anilines is 1. The van der Waals surface area contributed by atoms with E-state index in [0.717, 1.165) is 21.3 Å². The van der Waals surface area contributed by atoms with Crippen LogP contribution in [0.5, 0.6) is 5.75 Å². The predicted molar refractivity (Wildman–Crippen MR) is 100 cm³/mol. The fraction of sp³-hybridized carbons (Fsp3) is 0.316. The van der Waals surface area contributed by atoms with Gasteiger partial charge in [-0.25, -0.2) is 0 Å². The maximum Gasteiger partial charge on any atom is 0.255 e. The number of aryl methyl sites for hydroxylation is 3. The molecule has 0 fully saturated rings. The molecular weight excluding hydrogens is 370 g/mol. The normalized spacial score (nSPS) is 10.5. The molecule has 0 aromatic heterocycles. The molecule has 24 heavy (non-hydrogen) atoms. The number of ether oxygens (including phenoxy) is 2. The van der Waals surface area contributed by atoms with Crippen molar-refractivity contribution in [2.45, 2.75) is 20.8 Å². The van der Waals surface area contributed by atoms with Crippen LogP contribution in [0.3, 0.4) is 0 Å². The highest BCUT2D eigenvalue weighted by molar-refractivity contribution is 9.10. The van der Waals surface area contributed by atoms with E-state index in [1.165, 1.54) is 5.56 Å². The van der Waals surface area contributed by atoms with Crippen LogP contribution in [0, 0.1) is 20.8 Å². The number of rotatable bonds is 6. The summed E-state index contributed by atoms with van der Waals surface area (Å²) in [5, 5.41) is 3.00. The topological polar surface area (TPSA) is 47.6 Å². The second-order valence-corrected chi connectivity index (χ2v) is 6.57. The maximum absolute atomic E-state index is 12.5. The van der Waals surface area contributed by atoms with Crippen LogP contribution in [0.2, 0.25) is 0 Å². The molecule has 0 saturated carbocycles. The summed E-state index contributed by atoms with van der Waals surface area (Å²) in [7, 11) is 1.63. The molecule has 5 heteroatoms. The van der Waals surface area contributed by atoms with Crippen molar-refractivity contribution >= 4 is 27.5 Å². The van der Waals surface area contributed by atoms with Crippen LogP contribution in [-0.2, 0) is 4.74 Å². The van der Waals surface area contributed by atoms with Gasteiger partial charge in [0.15, 0.2) is 0 Å². The zero-order valence-electron chi connectivity index (χ0n) is 14.4. The smallest absolute Gasteiger partial charge is 0.255 e. The third-order valence-corrected chi connectivity index (χ3v) is 4.27. The Morgan fingerprint density at radius 3 is 2.33 bits per heavy atom. The van der Waals surface area contributed by atoms with Crippen molar-refractivity contribution in [1.29, 1.82) is 0 Å². The summed E-state index contributed by atoms with van der Waals surface area (Å²) in [4.78, 5) is 12.5. The highest BCUT2D eigenvalue weighted by Gasteiger charge is 2.12. The Labute approximate surface area is 151 Å². The lowest BCUT2D eigenvalue weighted by Gasteiger charge is -2.14. The number of benzene rings is 2. The minimum absolute atomic E-state index is 0.144. The molecule has 0 aliphatic carbocycles. The van der Waals surface area contributed by atoms with Crippen molar-refractivity contribution in [1.82, 2.24) is 0 Å². The van der Waals surface area contributed by atoms with Crippen LogP contribution in [0.4, 0.5) is 5.69 Å². The lowest BCUT2D eigenvalue weighted by Crippen LogP contribution is -2.14. The summed E-state index contributed by atoms with van der Waals surface area (Å²) in [6, 6.07) is 9.41. The van der Waals surface area contributed by atoms with Gasteiger partial charge in [-0.1, -0.05) is 17.7 Å². The highest BCUT2D eigenvalue weighted by atomic mass is 79.9. The van der Waals surface area contributed by atoms with Gasteiger partial charge in [0.25, 0.3) is 5.91 Å². The minimum atomic E-state index is -0.144. The Morgan fingerprint density at radius 2 is 1.75 bits per heavy atom. The van der Waals surface area contributed by atoms with Crippen molar-refractivity contribution in [3.05, 3.63) is 57.1 Å². The molecule has 0 atom stereocenters. The Kier molecular flexibility index (Phi) is 6.40. The number of hydrogen-bond donors (Lipinski definition) is 1. The molecule has 2 rings (SSSR count). The van der Waals surface area contributed by atoms with Crippen LogP contribution in [0.1, 0.15) is 27.0 Å². The highest BCUT2D eigenvalue weighted by Crippen LogP contribution is 2.27. The number of hydrogen-bond acceptors (Lipinski definition) is 3. The average molecular weight is 392 g/mol. The first-order valence-corrected chi connectivity index (χ1v) is 8.52. The van der Waals surface area contributed by atoms with E-state index in [1.54, 1.807) is 25.3 Å². The van der Waals surface area contributed by atoms with Crippen LogP contribution in [0.15, 0.2) is 34.8 Å². The van der Waals surface area contributed by atoms with Crippen LogP contribution < -0.4 is 10.1 Å². The Morgan fingerprint density at radius 1 is 1.08 bits per heavy atom. The summed E-state index contributed by atoms with van der Waals surface area (Å²) in [6.45, 7) is 7.02. The van der Waals surface area contributed by atoms with Crippen molar-refractivity contribution in [3.63, 3.8) is 0 Å². The monoisotopic (exact) mass is 391 g/mol. The zero-order valence-corrected chi connectivity index (χ0v) is 16.0. The van der Waals surface area contributed by atoms with Gasteiger partial charge in [-0.2, -0.15) is 0 Å². The van der Waals surface area contributed by atoms with Gasteiger partial charge < -0.3 is 14.8 Å². The first-order chi connectivity index (χ1) is 11.4. The summed E-state index contributed by atoms with van der Waals surface area (Å²) in [5.74, 6) is 0.542. The molecule has 4 nitrogen and oxygen atoms in total. The van der Waals surface area contributed by atoms with Crippen LogP contribution in [0.25, 0.3) is 0 Å². The lowest BCUT2D eigenvalue weighted by molar-refractivity contribution is 0.102. The van der Waals surface area contributed by atoms with Gasteiger partial charge in [-0.15, -0.1) is 0 Å². The number of methoxy groups -OCH3 is 1. The van der Waals surface area contributed by atoms with Gasteiger partial charge in [0.1, 0.15) is 12.4 Å². The van der Waals surface area contributed by atoms with E-state index < -0.39 is 0 Å². The minimum Gasteiger partial charge on any atom is -0.490 e. The number of carbonyl (C=O) groups excluding carboxylic acids is 1. The van der Waals surface area contributed by atoms with E-state index in [-0.39, 0.29) is 5.91 Å².